The molecule has 0 unspecified atom stereocenters. The lowest BCUT2D eigenvalue weighted by Crippen LogP contribution is -2.32. The van der Waals surface area contributed by atoms with Crippen LogP contribution in [-0.2, 0) is 16.1 Å². The van der Waals surface area contributed by atoms with Gasteiger partial charge >= 0.3 is 0 Å². The Balaban J connectivity index is 1.74. The molecular weight excluding hydrogens is 412 g/mol. The van der Waals surface area contributed by atoms with Gasteiger partial charge in [-0.3, -0.25) is 14.5 Å². The number of benzene rings is 3. The standard InChI is InChI=1S/C25H21ClN2O3/c1-16-12-13-19(14-20(16)26)27-23-22(17-8-4-3-5-9-17)24(29)28(25(23)30)15-18-10-6-7-11-21(18)31-2/h3-14,27H,15H2,1-2H3. The van der Waals surface area contributed by atoms with Crippen LogP contribution in [0.15, 0.2) is 78.5 Å². The van der Waals surface area contributed by atoms with Crippen molar-refractivity contribution in [2.45, 2.75) is 13.5 Å². The van der Waals surface area contributed by atoms with Crippen molar-refractivity contribution >= 4 is 34.7 Å². The van der Waals surface area contributed by atoms with Gasteiger partial charge in [-0.1, -0.05) is 66.2 Å². The van der Waals surface area contributed by atoms with Crippen LogP contribution in [0.2, 0.25) is 5.02 Å². The van der Waals surface area contributed by atoms with Crippen LogP contribution >= 0.6 is 11.6 Å². The first-order valence-electron chi connectivity index (χ1n) is 9.80. The molecule has 31 heavy (non-hydrogen) atoms. The maximum absolute atomic E-state index is 13.4. The molecular formula is C25H21ClN2O3. The number of para-hydroxylation sites is 1. The molecule has 0 saturated heterocycles. The number of halogens is 1. The molecule has 2 amide bonds. The van der Waals surface area contributed by atoms with E-state index in [1.807, 2.05) is 67.6 Å². The fraction of sp³-hybridized carbons (Fsp3) is 0.120. The van der Waals surface area contributed by atoms with Gasteiger partial charge in [0.25, 0.3) is 11.8 Å². The average molecular weight is 433 g/mol. The Morgan fingerprint density at radius 3 is 2.35 bits per heavy atom. The zero-order valence-corrected chi connectivity index (χ0v) is 17.9. The first kappa shape index (κ1) is 20.7. The number of anilines is 1. The number of methoxy groups -OCH3 is 1. The highest BCUT2D eigenvalue weighted by Gasteiger charge is 2.39. The van der Waals surface area contributed by atoms with E-state index in [2.05, 4.69) is 5.32 Å². The van der Waals surface area contributed by atoms with Gasteiger partial charge in [-0.15, -0.1) is 0 Å². The number of nitrogens with one attached hydrogen (secondary N) is 1. The molecule has 0 bridgehead atoms. The third-order valence-electron chi connectivity index (χ3n) is 5.19. The average Bonchev–Trinajstić information content (AvgIpc) is 3.01. The number of carbonyl (C=O) groups is 2. The number of rotatable bonds is 6. The zero-order valence-electron chi connectivity index (χ0n) is 17.2. The van der Waals surface area contributed by atoms with E-state index in [0.29, 0.717) is 27.6 Å². The quantitative estimate of drug-likeness (QED) is 0.554. The molecule has 0 aromatic heterocycles. The Morgan fingerprint density at radius 2 is 1.65 bits per heavy atom. The molecule has 3 aromatic carbocycles. The molecule has 0 spiro atoms. The fourth-order valence-electron chi connectivity index (χ4n) is 3.53. The molecule has 1 N–H and O–H groups in total. The van der Waals surface area contributed by atoms with E-state index in [-0.39, 0.29) is 18.1 Å². The van der Waals surface area contributed by atoms with Gasteiger partial charge in [0.15, 0.2) is 0 Å². The van der Waals surface area contributed by atoms with Gasteiger partial charge < -0.3 is 10.1 Å². The van der Waals surface area contributed by atoms with Crippen LogP contribution in [0.5, 0.6) is 5.75 Å². The Hall–Kier alpha value is -3.57. The minimum absolute atomic E-state index is 0.109. The highest BCUT2D eigenvalue weighted by atomic mass is 35.5. The number of hydrogen-bond donors (Lipinski definition) is 1. The summed E-state index contributed by atoms with van der Waals surface area (Å²) in [6.45, 7) is 2.01. The predicted molar refractivity (Wildman–Crippen MR) is 122 cm³/mol. The molecule has 3 aromatic rings. The molecule has 0 saturated carbocycles. The second-order valence-corrected chi connectivity index (χ2v) is 7.62. The van der Waals surface area contributed by atoms with Crippen LogP contribution < -0.4 is 10.1 Å². The molecule has 0 radical (unpaired) electrons. The fourth-order valence-corrected chi connectivity index (χ4v) is 3.71. The van der Waals surface area contributed by atoms with Crippen LogP contribution in [0.1, 0.15) is 16.7 Å². The molecule has 4 rings (SSSR count). The lowest BCUT2D eigenvalue weighted by molar-refractivity contribution is -0.137. The monoisotopic (exact) mass is 432 g/mol. The van der Waals surface area contributed by atoms with Crippen molar-refractivity contribution in [3.63, 3.8) is 0 Å². The first-order valence-corrected chi connectivity index (χ1v) is 10.2. The number of ether oxygens (including phenoxy) is 1. The molecule has 156 valence electrons. The van der Waals surface area contributed by atoms with E-state index in [9.17, 15) is 9.59 Å². The summed E-state index contributed by atoms with van der Waals surface area (Å²) in [5.74, 6) is -0.134. The highest BCUT2D eigenvalue weighted by Crippen LogP contribution is 2.33. The SMILES string of the molecule is COc1ccccc1CN1C(=O)C(Nc2ccc(C)c(Cl)c2)=C(c2ccccc2)C1=O. The smallest absolute Gasteiger partial charge is 0.278 e. The summed E-state index contributed by atoms with van der Waals surface area (Å²) in [6, 6.07) is 21.9. The second kappa shape index (κ2) is 8.66. The van der Waals surface area contributed by atoms with E-state index in [1.165, 1.54) is 4.90 Å². The van der Waals surface area contributed by atoms with Crippen molar-refractivity contribution in [1.29, 1.82) is 0 Å². The van der Waals surface area contributed by atoms with E-state index in [4.69, 9.17) is 16.3 Å². The third-order valence-corrected chi connectivity index (χ3v) is 5.60. The highest BCUT2D eigenvalue weighted by molar-refractivity contribution is 6.36. The van der Waals surface area contributed by atoms with Gasteiger partial charge in [-0.2, -0.15) is 0 Å². The van der Waals surface area contributed by atoms with Crippen molar-refractivity contribution in [3.8, 4) is 5.75 Å². The van der Waals surface area contributed by atoms with Crippen molar-refractivity contribution in [2.75, 3.05) is 12.4 Å². The Morgan fingerprint density at radius 1 is 0.935 bits per heavy atom. The van der Waals surface area contributed by atoms with Crippen molar-refractivity contribution in [2.24, 2.45) is 0 Å². The van der Waals surface area contributed by atoms with E-state index < -0.39 is 5.91 Å². The van der Waals surface area contributed by atoms with Gasteiger partial charge in [0.1, 0.15) is 11.4 Å². The van der Waals surface area contributed by atoms with Gasteiger partial charge in [-0.05, 0) is 36.2 Å². The summed E-state index contributed by atoms with van der Waals surface area (Å²) in [5, 5.41) is 3.71. The Bertz CT molecular complexity index is 1190. The van der Waals surface area contributed by atoms with Crippen LogP contribution in [0.25, 0.3) is 5.57 Å². The zero-order chi connectivity index (χ0) is 22.0. The summed E-state index contributed by atoms with van der Waals surface area (Å²) in [7, 11) is 1.56. The molecule has 1 heterocycles. The van der Waals surface area contributed by atoms with Crippen molar-refractivity contribution in [3.05, 3.63) is 100 Å². The van der Waals surface area contributed by atoms with Crippen molar-refractivity contribution < 1.29 is 14.3 Å². The number of aryl methyl sites for hydroxylation is 1. The normalized spacial score (nSPS) is 13.7. The van der Waals surface area contributed by atoms with Gasteiger partial charge in [0, 0.05) is 16.3 Å². The third kappa shape index (κ3) is 4.05. The Labute approximate surface area is 185 Å². The van der Waals surface area contributed by atoms with Crippen LogP contribution in [-0.4, -0.2) is 23.8 Å². The van der Waals surface area contributed by atoms with Crippen LogP contribution in [0, 0.1) is 6.92 Å². The molecule has 0 fully saturated rings. The first-order chi connectivity index (χ1) is 15.0. The van der Waals surface area contributed by atoms with Crippen molar-refractivity contribution in [1.82, 2.24) is 4.90 Å². The summed E-state index contributed by atoms with van der Waals surface area (Å²) in [4.78, 5) is 28.0. The molecule has 1 aliphatic heterocycles. The van der Waals surface area contributed by atoms with E-state index >= 15 is 0 Å². The summed E-state index contributed by atoms with van der Waals surface area (Å²) >= 11 is 6.25. The maximum Gasteiger partial charge on any atom is 0.278 e. The number of carbonyl (C=O) groups excluding carboxylic acids is 2. The van der Waals surface area contributed by atoms with Gasteiger partial charge in [-0.25, -0.2) is 0 Å². The number of nitrogens with zero attached hydrogens (tertiary/aromatic N) is 1. The number of hydrogen-bond acceptors (Lipinski definition) is 4. The molecule has 0 aliphatic carbocycles. The van der Waals surface area contributed by atoms with E-state index in [0.717, 1.165) is 11.1 Å². The second-order valence-electron chi connectivity index (χ2n) is 7.21. The van der Waals surface area contributed by atoms with Gasteiger partial charge in [0.2, 0.25) is 0 Å². The van der Waals surface area contributed by atoms with Crippen LogP contribution in [0.3, 0.4) is 0 Å². The summed E-state index contributed by atoms with van der Waals surface area (Å²) < 4.78 is 5.39. The largest absolute Gasteiger partial charge is 0.496 e. The van der Waals surface area contributed by atoms with Gasteiger partial charge in [0.05, 0.1) is 19.2 Å². The Kier molecular flexibility index (Phi) is 5.78. The topological polar surface area (TPSA) is 58.6 Å². The minimum Gasteiger partial charge on any atom is -0.496 e. The minimum atomic E-state index is -0.397. The maximum atomic E-state index is 13.4. The predicted octanol–water partition coefficient (Wildman–Crippen LogP) is 5.05. The summed E-state index contributed by atoms with van der Waals surface area (Å²) in [6.07, 6.45) is 0. The molecule has 1 aliphatic rings. The molecule has 5 nitrogen and oxygen atoms in total. The lowest BCUT2D eigenvalue weighted by atomic mass is 10.0. The summed E-state index contributed by atoms with van der Waals surface area (Å²) in [5.41, 5.74) is 3.54. The van der Waals surface area contributed by atoms with Crippen LogP contribution in [0.4, 0.5) is 5.69 Å². The van der Waals surface area contributed by atoms with E-state index in [1.54, 1.807) is 19.2 Å². The molecule has 6 heteroatoms. The number of imide groups is 1. The number of amides is 2. The molecule has 0 atom stereocenters. The lowest BCUT2D eigenvalue weighted by Gasteiger charge is -2.17.